The molecule has 0 aromatic heterocycles. The summed E-state index contributed by atoms with van der Waals surface area (Å²) in [5.74, 6) is 0.653. The summed E-state index contributed by atoms with van der Waals surface area (Å²) >= 11 is 0. The number of nitrogens with zero attached hydrogens (tertiary/aromatic N) is 2. The van der Waals surface area contributed by atoms with Crippen molar-refractivity contribution >= 4 is 11.8 Å². The van der Waals surface area contributed by atoms with Gasteiger partial charge in [0.05, 0.1) is 0 Å². The number of likely N-dealkylation sites (tertiary alicyclic amines) is 1. The second-order valence-corrected chi connectivity index (χ2v) is 10.8. The number of allylic oxidation sites excluding steroid dienone is 1. The topological polar surface area (TPSA) is 61.9 Å². The predicted octanol–water partition coefficient (Wildman–Crippen LogP) is 3.86. The predicted molar refractivity (Wildman–Crippen MR) is 123 cm³/mol. The molecular weight excluding hydrogens is 402 g/mol. The number of fused-ring (bicyclic) bond motifs is 1. The molecule has 3 heterocycles. The van der Waals surface area contributed by atoms with Gasteiger partial charge in [-0.25, -0.2) is 0 Å². The van der Waals surface area contributed by atoms with Crippen LogP contribution in [0.5, 0.6) is 5.75 Å². The van der Waals surface area contributed by atoms with E-state index >= 15 is 0 Å². The van der Waals surface area contributed by atoms with Gasteiger partial charge < -0.3 is 15.0 Å². The zero-order valence-corrected chi connectivity index (χ0v) is 19.4. The maximum absolute atomic E-state index is 13.0. The average molecular weight is 438 g/mol. The van der Waals surface area contributed by atoms with Gasteiger partial charge in [0.15, 0.2) is 0 Å². The lowest BCUT2D eigenvalue weighted by Gasteiger charge is -2.41. The van der Waals surface area contributed by atoms with Gasteiger partial charge in [0.25, 0.3) is 5.91 Å². The highest BCUT2D eigenvalue weighted by Gasteiger charge is 2.39. The molecular formula is C26H35N3O3. The summed E-state index contributed by atoms with van der Waals surface area (Å²) in [6.45, 7) is 11.3. The number of nitrogens with one attached hydrogen (secondary N) is 1. The molecule has 0 spiro atoms. The highest BCUT2D eigenvalue weighted by atomic mass is 16.5. The smallest absolute Gasteiger partial charge is 0.255 e. The van der Waals surface area contributed by atoms with E-state index in [0.717, 1.165) is 36.5 Å². The van der Waals surface area contributed by atoms with E-state index in [1.807, 2.05) is 18.2 Å². The second kappa shape index (κ2) is 8.22. The summed E-state index contributed by atoms with van der Waals surface area (Å²) in [4.78, 5) is 29.7. The van der Waals surface area contributed by atoms with Gasteiger partial charge in [-0.1, -0.05) is 20.4 Å². The van der Waals surface area contributed by atoms with E-state index in [0.29, 0.717) is 36.4 Å². The Labute approximate surface area is 191 Å². The van der Waals surface area contributed by atoms with Crippen molar-refractivity contribution < 1.29 is 14.3 Å². The molecule has 1 unspecified atom stereocenters. The number of hydrogen-bond acceptors (Lipinski definition) is 4. The molecule has 1 N–H and O–H groups in total. The Morgan fingerprint density at radius 1 is 1.12 bits per heavy atom. The number of hydrogen-bond donors (Lipinski definition) is 1. The van der Waals surface area contributed by atoms with Crippen molar-refractivity contribution in [2.75, 3.05) is 13.1 Å². The molecule has 1 aromatic rings. The van der Waals surface area contributed by atoms with Gasteiger partial charge in [0, 0.05) is 23.8 Å². The number of ether oxygens (including phenoxy) is 1. The van der Waals surface area contributed by atoms with E-state index in [2.05, 4.69) is 30.6 Å². The van der Waals surface area contributed by atoms with Crippen LogP contribution in [0.2, 0.25) is 0 Å². The molecule has 3 fully saturated rings. The van der Waals surface area contributed by atoms with E-state index in [4.69, 9.17) is 4.74 Å². The number of amides is 2. The monoisotopic (exact) mass is 437 g/mol. The molecule has 0 bridgehead atoms. The Hall–Kier alpha value is -2.34. The van der Waals surface area contributed by atoms with Gasteiger partial charge in [-0.3, -0.25) is 14.5 Å². The fraction of sp³-hybridized carbons (Fsp3) is 0.615. The van der Waals surface area contributed by atoms with Crippen molar-refractivity contribution in [2.24, 2.45) is 5.41 Å². The van der Waals surface area contributed by atoms with E-state index in [-0.39, 0.29) is 17.9 Å². The maximum Gasteiger partial charge on any atom is 0.255 e. The molecule has 0 radical (unpaired) electrons. The second-order valence-electron chi connectivity index (χ2n) is 10.8. The quantitative estimate of drug-likeness (QED) is 0.777. The molecule has 3 atom stereocenters. The van der Waals surface area contributed by atoms with Gasteiger partial charge in [0.2, 0.25) is 5.91 Å². The highest BCUT2D eigenvalue weighted by molar-refractivity contribution is 6.01. The van der Waals surface area contributed by atoms with Crippen molar-refractivity contribution in [3.63, 3.8) is 0 Å². The van der Waals surface area contributed by atoms with Crippen LogP contribution < -0.4 is 10.1 Å². The average Bonchev–Trinajstić information content (AvgIpc) is 3.33. The van der Waals surface area contributed by atoms with Gasteiger partial charge >= 0.3 is 0 Å². The normalized spacial score (nSPS) is 30.4. The zero-order valence-electron chi connectivity index (χ0n) is 19.4. The lowest BCUT2D eigenvalue weighted by atomic mass is 9.82. The van der Waals surface area contributed by atoms with Crippen LogP contribution in [0.15, 0.2) is 30.5 Å². The standard InChI is InChI=1S/C26H35N3O3/c1-17-7-10-22(24(30)27-17)29-16-18-15-19(8-9-20(18)25(29)31)32-23-6-4-5-21(23)28-13-11-26(2,3)12-14-28/h8-9,15,21-23H,1,4-7,10-14,16H2,2-3H3,(H,27,30)/t21-,22?,23+/m0/s1. The summed E-state index contributed by atoms with van der Waals surface area (Å²) in [5.41, 5.74) is 2.83. The first-order chi connectivity index (χ1) is 15.3. The molecule has 3 aliphatic heterocycles. The molecule has 32 heavy (non-hydrogen) atoms. The zero-order chi connectivity index (χ0) is 22.5. The van der Waals surface area contributed by atoms with Crippen molar-refractivity contribution in [1.29, 1.82) is 0 Å². The van der Waals surface area contributed by atoms with E-state index in [1.165, 1.54) is 25.7 Å². The first-order valence-electron chi connectivity index (χ1n) is 12.1. The minimum absolute atomic E-state index is 0.0612. The highest BCUT2D eigenvalue weighted by Crippen LogP contribution is 2.36. The first kappa shape index (κ1) is 21.5. The number of piperidine rings is 2. The van der Waals surface area contributed by atoms with Crippen molar-refractivity contribution in [3.8, 4) is 5.75 Å². The minimum Gasteiger partial charge on any atom is -0.489 e. The van der Waals surface area contributed by atoms with E-state index < -0.39 is 6.04 Å². The van der Waals surface area contributed by atoms with Crippen molar-refractivity contribution in [1.82, 2.24) is 15.1 Å². The minimum atomic E-state index is -0.424. The van der Waals surface area contributed by atoms with Gasteiger partial charge in [-0.15, -0.1) is 0 Å². The summed E-state index contributed by atoms with van der Waals surface area (Å²) in [6.07, 6.45) is 7.52. The lowest BCUT2D eigenvalue weighted by molar-refractivity contribution is -0.126. The van der Waals surface area contributed by atoms with Crippen LogP contribution in [0.3, 0.4) is 0 Å². The fourth-order valence-corrected chi connectivity index (χ4v) is 5.80. The Balaban J connectivity index is 1.26. The molecule has 5 rings (SSSR count). The molecule has 1 aromatic carbocycles. The summed E-state index contributed by atoms with van der Waals surface area (Å²) < 4.78 is 6.51. The summed E-state index contributed by atoms with van der Waals surface area (Å²) in [7, 11) is 0. The van der Waals surface area contributed by atoms with E-state index in [1.54, 1.807) is 4.90 Å². The Morgan fingerprint density at radius 3 is 2.66 bits per heavy atom. The Bertz CT molecular complexity index is 930. The molecule has 172 valence electrons. The van der Waals surface area contributed by atoms with Crippen LogP contribution in [0.4, 0.5) is 0 Å². The number of carbonyl (C=O) groups excluding carboxylic acids is 2. The largest absolute Gasteiger partial charge is 0.489 e. The Kier molecular flexibility index (Phi) is 5.52. The lowest BCUT2D eigenvalue weighted by Crippen LogP contribution is -2.49. The molecule has 1 saturated carbocycles. The molecule has 2 saturated heterocycles. The molecule has 2 amide bonds. The van der Waals surface area contributed by atoms with Crippen molar-refractivity contribution in [3.05, 3.63) is 41.6 Å². The number of carbonyl (C=O) groups is 2. The van der Waals surface area contributed by atoms with Crippen LogP contribution in [0.25, 0.3) is 0 Å². The van der Waals surface area contributed by atoms with Crippen LogP contribution in [-0.4, -0.2) is 52.9 Å². The van der Waals surface area contributed by atoms with Gasteiger partial charge in [0.1, 0.15) is 17.9 Å². The van der Waals surface area contributed by atoms with Crippen LogP contribution in [0.1, 0.15) is 74.7 Å². The molecule has 1 aliphatic carbocycles. The third-order valence-electron chi connectivity index (χ3n) is 7.93. The SMILES string of the molecule is C=C1CCC(N2Cc3cc(O[C@@H]4CCC[C@@H]4N4CCC(C)(C)CC4)ccc3C2=O)C(=O)N1. The van der Waals surface area contributed by atoms with Gasteiger partial charge in [-0.2, -0.15) is 0 Å². The van der Waals surface area contributed by atoms with Crippen LogP contribution in [0, 0.1) is 5.41 Å². The van der Waals surface area contributed by atoms with Crippen molar-refractivity contribution in [2.45, 2.75) is 83.5 Å². The molecule has 6 nitrogen and oxygen atoms in total. The third kappa shape index (κ3) is 4.05. The van der Waals surface area contributed by atoms with Crippen LogP contribution in [-0.2, 0) is 11.3 Å². The van der Waals surface area contributed by atoms with E-state index in [9.17, 15) is 9.59 Å². The molecule has 6 heteroatoms. The fourth-order valence-electron chi connectivity index (χ4n) is 5.80. The van der Waals surface area contributed by atoms with Crippen LogP contribution >= 0.6 is 0 Å². The summed E-state index contributed by atoms with van der Waals surface area (Å²) in [6, 6.07) is 5.88. The molecule has 4 aliphatic rings. The first-order valence-corrected chi connectivity index (χ1v) is 12.1. The summed E-state index contributed by atoms with van der Waals surface area (Å²) in [5, 5.41) is 2.80. The third-order valence-corrected chi connectivity index (χ3v) is 7.93. The maximum atomic E-state index is 13.0. The number of benzene rings is 1. The number of rotatable bonds is 4. The van der Waals surface area contributed by atoms with Gasteiger partial charge in [-0.05, 0) is 87.2 Å². The Morgan fingerprint density at radius 2 is 1.91 bits per heavy atom.